The lowest BCUT2D eigenvalue weighted by Gasteiger charge is -1.95. The molecule has 0 amide bonds. The lowest BCUT2D eigenvalue weighted by Crippen LogP contribution is -1.98. The van der Waals surface area contributed by atoms with Crippen LogP contribution in [0.5, 0.6) is 0 Å². The van der Waals surface area contributed by atoms with Gasteiger partial charge in [-0.2, -0.15) is 0 Å². The second-order valence-electron chi connectivity index (χ2n) is 3.32. The van der Waals surface area contributed by atoms with E-state index in [0.29, 0.717) is 18.1 Å². The van der Waals surface area contributed by atoms with Crippen molar-refractivity contribution in [1.82, 2.24) is 24.7 Å². The molecule has 0 aliphatic carbocycles. The fourth-order valence-electron chi connectivity index (χ4n) is 1.44. The van der Waals surface area contributed by atoms with Gasteiger partial charge in [0.1, 0.15) is 5.82 Å². The summed E-state index contributed by atoms with van der Waals surface area (Å²) in [6.45, 7) is 0.619. The van der Waals surface area contributed by atoms with Crippen molar-refractivity contribution in [3.05, 3.63) is 42.9 Å². The molecule has 0 aliphatic heterocycles. The minimum atomic E-state index is 0.570. The molecule has 0 bridgehead atoms. The molecule has 0 unspecified atom stereocenters. The molecule has 1 N–H and O–H groups in total. The van der Waals surface area contributed by atoms with E-state index in [4.69, 9.17) is 4.42 Å². The lowest BCUT2D eigenvalue weighted by molar-refractivity contribution is 0.577. The molecule has 0 aromatic carbocycles. The smallest absolute Gasteiger partial charge is 0.216 e. The average Bonchev–Trinajstić information content (AvgIpc) is 2.99. The Morgan fingerprint density at radius 2 is 2.44 bits per heavy atom. The molecule has 3 rings (SSSR count). The van der Waals surface area contributed by atoms with Crippen molar-refractivity contribution in [3.63, 3.8) is 0 Å². The molecule has 6 nitrogen and oxygen atoms in total. The van der Waals surface area contributed by atoms with E-state index in [9.17, 15) is 0 Å². The maximum Gasteiger partial charge on any atom is 0.216 e. The number of furan rings is 1. The minimum Gasteiger partial charge on any atom is -0.461 e. The Hall–Kier alpha value is -2.37. The predicted octanol–water partition coefficient (Wildman–Crippen LogP) is 1.31. The summed E-state index contributed by atoms with van der Waals surface area (Å²) in [5, 5.41) is 6.94. The number of imidazole rings is 1. The van der Waals surface area contributed by atoms with Crippen LogP contribution in [0.4, 0.5) is 0 Å². The van der Waals surface area contributed by atoms with Crippen LogP contribution in [0.2, 0.25) is 0 Å². The van der Waals surface area contributed by atoms with E-state index in [1.165, 1.54) is 0 Å². The van der Waals surface area contributed by atoms with Crippen molar-refractivity contribution in [1.29, 1.82) is 0 Å². The fraction of sp³-hybridized carbons (Fsp3) is 0.100. The number of aromatic nitrogens is 5. The Morgan fingerprint density at radius 3 is 3.19 bits per heavy atom. The highest BCUT2D eigenvalue weighted by atomic mass is 16.3. The Labute approximate surface area is 91.0 Å². The zero-order chi connectivity index (χ0) is 10.8. The first-order valence-electron chi connectivity index (χ1n) is 4.83. The number of hydrogen-bond acceptors (Lipinski definition) is 4. The summed E-state index contributed by atoms with van der Waals surface area (Å²) in [6, 6.07) is 3.63. The number of nitrogens with one attached hydrogen (secondary N) is 1. The van der Waals surface area contributed by atoms with E-state index in [2.05, 4.69) is 20.2 Å². The molecule has 0 aliphatic rings. The van der Waals surface area contributed by atoms with Gasteiger partial charge in [0.15, 0.2) is 5.76 Å². The van der Waals surface area contributed by atoms with Gasteiger partial charge in [-0.15, -0.1) is 5.10 Å². The molecule has 6 heteroatoms. The molecule has 3 heterocycles. The monoisotopic (exact) mass is 215 g/mol. The number of aromatic amines is 1. The van der Waals surface area contributed by atoms with Crippen LogP contribution in [0, 0.1) is 0 Å². The molecule has 0 atom stereocenters. The van der Waals surface area contributed by atoms with Crippen molar-refractivity contribution in [2.24, 2.45) is 0 Å². The first kappa shape index (κ1) is 8.90. The van der Waals surface area contributed by atoms with Gasteiger partial charge in [0.05, 0.1) is 19.1 Å². The second kappa shape index (κ2) is 3.65. The zero-order valence-electron chi connectivity index (χ0n) is 8.37. The summed E-state index contributed by atoms with van der Waals surface area (Å²) < 4.78 is 7.11. The van der Waals surface area contributed by atoms with Crippen molar-refractivity contribution < 1.29 is 4.42 Å². The molecule has 3 aromatic rings. The highest BCUT2D eigenvalue weighted by molar-refractivity contribution is 5.45. The molecule has 0 spiro atoms. The minimum absolute atomic E-state index is 0.570. The number of H-pyrrole nitrogens is 1. The van der Waals surface area contributed by atoms with E-state index >= 15 is 0 Å². The standard InChI is InChI=1S/C10H9N5O/c1-2-8(16-5-1)10-12-9(13-14-10)6-15-4-3-11-7-15/h1-5,7H,6H2,(H,12,13,14). The third kappa shape index (κ3) is 1.60. The highest BCUT2D eigenvalue weighted by Gasteiger charge is 2.07. The quantitative estimate of drug-likeness (QED) is 0.714. The van der Waals surface area contributed by atoms with Crippen LogP contribution in [-0.2, 0) is 6.54 Å². The van der Waals surface area contributed by atoms with Crippen LogP contribution < -0.4 is 0 Å². The molecule has 0 saturated carbocycles. The largest absolute Gasteiger partial charge is 0.461 e. The molecule has 0 radical (unpaired) electrons. The molecular formula is C10H9N5O. The normalized spacial score (nSPS) is 10.8. The van der Waals surface area contributed by atoms with Gasteiger partial charge in [0.2, 0.25) is 5.82 Å². The van der Waals surface area contributed by atoms with E-state index in [-0.39, 0.29) is 0 Å². The van der Waals surface area contributed by atoms with Crippen LogP contribution >= 0.6 is 0 Å². The molecule has 3 aromatic heterocycles. The molecule has 80 valence electrons. The van der Waals surface area contributed by atoms with Crippen molar-refractivity contribution >= 4 is 0 Å². The number of nitrogens with zero attached hydrogens (tertiary/aromatic N) is 4. The number of rotatable bonds is 3. The Bertz CT molecular complexity index is 552. The summed E-state index contributed by atoms with van der Waals surface area (Å²) >= 11 is 0. The van der Waals surface area contributed by atoms with Gasteiger partial charge in [-0.1, -0.05) is 0 Å². The van der Waals surface area contributed by atoms with Crippen molar-refractivity contribution in [2.45, 2.75) is 6.54 Å². The van der Waals surface area contributed by atoms with Gasteiger partial charge in [-0.3, -0.25) is 5.10 Å². The maximum absolute atomic E-state index is 5.20. The number of hydrogen-bond donors (Lipinski definition) is 1. The van der Waals surface area contributed by atoms with Crippen LogP contribution in [0.25, 0.3) is 11.6 Å². The summed E-state index contributed by atoms with van der Waals surface area (Å²) in [5.74, 6) is 2.00. The maximum atomic E-state index is 5.20. The lowest BCUT2D eigenvalue weighted by atomic mass is 10.4. The molecule has 0 saturated heterocycles. The van der Waals surface area contributed by atoms with Gasteiger partial charge in [0, 0.05) is 12.4 Å². The molecule has 16 heavy (non-hydrogen) atoms. The van der Waals surface area contributed by atoms with Gasteiger partial charge < -0.3 is 8.98 Å². The van der Waals surface area contributed by atoms with Crippen LogP contribution in [0.3, 0.4) is 0 Å². The van der Waals surface area contributed by atoms with E-state index in [1.54, 1.807) is 24.9 Å². The summed E-state index contributed by atoms with van der Waals surface area (Å²) in [7, 11) is 0. The molecular weight excluding hydrogens is 206 g/mol. The average molecular weight is 215 g/mol. The van der Waals surface area contributed by atoms with Gasteiger partial charge >= 0.3 is 0 Å². The predicted molar refractivity (Wildman–Crippen MR) is 55.4 cm³/mol. The van der Waals surface area contributed by atoms with Crippen LogP contribution in [0.15, 0.2) is 41.5 Å². The Balaban J connectivity index is 1.83. The second-order valence-corrected chi connectivity index (χ2v) is 3.32. The summed E-state index contributed by atoms with van der Waals surface area (Å²) in [6.07, 6.45) is 6.93. The van der Waals surface area contributed by atoms with Crippen molar-refractivity contribution in [2.75, 3.05) is 0 Å². The van der Waals surface area contributed by atoms with Crippen LogP contribution in [-0.4, -0.2) is 24.7 Å². The topological polar surface area (TPSA) is 72.5 Å². The van der Waals surface area contributed by atoms with Gasteiger partial charge in [-0.05, 0) is 12.1 Å². The van der Waals surface area contributed by atoms with Gasteiger partial charge in [-0.25, -0.2) is 9.97 Å². The third-order valence-electron chi connectivity index (χ3n) is 2.16. The molecule has 0 fully saturated rings. The first-order valence-corrected chi connectivity index (χ1v) is 4.83. The summed E-state index contributed by atoms with van der Waals surface area (Å²) in [4.78, 5) is 8.28. The van der Waals surface area contributed by atoms with E-state index in [1.807, 2.05) is 16.8 Å². The van der Waals surface area contributed by atoms with Crippen molar-refractivity contribution in [3.8, 4) is 11.6 Å². The van der Waals surface area contributed by atoms with E-state index < -0.39 is 0 Å². The SMILES string of the molecule is c1coc(-c2n[nH]c(Cn3ccnc3)n2)c1. The Morgan fingerprint density at radius 1 is 1.44 bits per heavy atom. The highest BCUT2D eigenvalue weighted by Crippen LogP contribution is 2.14. The summed E-state index contributed by atoms with van der Waals surface area (Å²) in [5.41, 5.74) is 0. The fourth-order valence-corrected chi connectivity index (χ4v) is 1.44. The zero-order valence-corrected chi connectivity index (χ0v) is 8.37. The van der Waals surface area contributed by atoms with Crippen LogP contribution in [0.1, 0.15) is 5.82 Å². The first-order chi connectivity index (χ1) is 7.92. The van der Waals surface area contributed by atoms with Gasteiger partial charge in [0.25, 0.3) is 0 Å². The van der Waals surface area contributed by atoms with E-state index in [0.717, 1.165) is 5.82 Å². The Kier molecular flexibility index (Phi) is 2.03. The third-order valence-corrected chi connectivity index (χ3v) is 2.16.